The fourth-order valence-electron chi connectivity index (χ4n) is 2.74. The Balaban J connectivity index is 1.92. The van der Waals surface area contributed by atoms with Crippen molar-refractivity contribution in [2.24, 2.45) is 5.73 Å². The minimum absolute atomic E-state index is 0.364. The first-order chi connectivity index (χ1) is 11.3. The smallest absolute Gasteiger partial charge is 0.421 e. The highest BCUT2D eigenvalue weighted by Crippen LogP contribution is 2.38. The van der Waals surface area contributed by atoms with E-state index in [1.807, 2.05) is 0 Å². The molecule has 3 rings (SSSR count). The average molecular weight is 357 g/mol. The minimum atomic E-state index is -4.54. The lowest BCUT2D eigenvalue weighted by molar-refractivity contribution is -0.139. The molecule has 2 aromatic rings. The van der Waals surface area contributed by atoms with E-state index in [1.165, 1.54) is 17.5 Å². The summed E-state index contributed by atoms with van der Waals surface area (Å²) < 4.78 is 44.1. The molecule has 0 aliphatic carbocycles. The second-order valence-corrected chi connectivity index (χ2v) is 6.30. The van der Waals surface area contributed by atoms with Gasteiger partial charge in [0.25, 0.3) is 0 Å². The highest BCUT2D eigenvalue weighted by Gasteiger charge is 2.36. The van der Waals surface area contributed by atoms with Crippen LogP contribution >= 0.6 is 11.3 Å². The third-order valence-electron chi connectivity index (χ3n) is 3.91. The molecule has 0 saturated heterocycles. The van der Waals surface area contributed by atoms with E-state index in [1.54, 1.807) is 10.3 Å². The standard InChI is InChI=1S/C15H14F3N3O2S/c1-23-14-11(15(16,17)18)4-8(5-20-14)21-3-2-9-10(13(19)22)7-24-12(9)6-21/h4-5,7H,2-3,6H2,1H3,(H2,19,22). The van der Waals surface area contributed by atoms with Crippen LogP contribution in [0.2, 0.25) is 0 Å². The maximum Gasteiger partial charge on any atom is 0.421 e. The van der Waals surface area contributed by atoms with Gasteiger partial charge in [0.2, 0.25) is 11.8 Å². The quantitative estimate of drug-likeness (QED) is 0.917. The number of rotatable bonds is 3. The Hall–Kier alpha value is -2.29. The zero-order valence-electron chi connectivity index (χ0n) is 12.7. The first kappa shape index (κ1) is 16.6. The number of nitrogens with two attached hydrogens (primary N) is 1. The second kappa shape index (κ2) is 5.97. The average Bonchev–Trinajstić information content (AvgIpc) is 2.96. The summed E-state index contributed by atoms with van der Waals surface area (Å²) in [4.78, 5) is 17.9. The number of amides is 1. The van der Waals surface area contributed by atoms with E-state index < -0.39 is 23.5 Å². The zero-order chi connectivity index (χ0) is 17.5. The molecule has 0 bridgehead atoms. The number of hydrogen-bond acceptors (Lipinski definition) is 5. The van der Waals surface area contributed by atoms with Gasteiger partial charge in [-0.3, -0.25) is 4.79 Å². The normalized spacial score (nSPS) is 14.4. The topological polar surface area (TPSA) is 68.4 Å². The summed E-state index contributed by atoms with van der Waals surface area (Å²) in [5, 5.41) is 1.70. The zero-order valence-corrected chi connectivity index (χ0v) is 13.5. The van der Waals surface area contributed by atoms with E-state index in [2.05, 4.69) is 4.98 Å². The number of anilines is 1. The van der Waals surface area contributed by atoms with Crippen LogP contribution in [0.5, 0.6) is 5.88 Å². The third kappa shape index (κ3) is 2.91. The summed E-state index contributed by atoms with van der Waals surface area (Å²) in [6.45, 7) is 0.897. The Morgan fingerprint density at radius 3 is 2.83 bits per heavy atom. The summed E-state index contributed by atoms with van der Waals surface area (Å²) in [6, 6.07) is 1.04. The van der Waals surface area contributed by atoms with Gasteiger partial charge in [0.05, 0.1) is 31.1 Å². The highest BCUT2D eigenvalue weighted by atomic mass is 32.1. The van der Waals surface area contributed by atoms with E-state index in [9.17, 15) is 18.0 Å². The van der Waals surface area contributed by atoms with Crippen LogP contribution in [0.25, 0.3) is 0 Å². The molecular weight excluding hydrogens is 343 g/mol. The molecule has 9 heteroatoms. The molecule has 2 aromatic heterocycles. The number of fused-ring (bicyclic) bond motifs is 1. The maximum atomic E-state index is 13.1. The van der Waals surface area contributed by atoms with Gasteiger partial charge >= 0.3 is 6.18 Å². The molecular formula is C15H14F3N3O2S. The molecule has 0 atom stereocenters. The molecule has 3 heterocycles. The second-order valence-electron chi connectivity index (χ2n) is 5.34. The van der Waals surface area contributed by atoms with Gasteiger partial charge in [-0.25, -0.2) is 4.98 Å². The van der Waals surface area contributed by atoms with Gasteiger partial charge in [-0.15, -0.1) is 11.3 Å². The van der Waals surface area contributed by atoms with Crippen molar-refractivity contribution in [3.63, 3.8) is 0 Å². The van der Waals surface area contributed by atoms with Gasteiger partial charge in [-0.05, 0) is 18.1 Å². The van der Waals surface area contributed by atoms with E-state index in [0.717, 1.165) is 23.6 Å². The van der Waals surface area contributed by atoms with Gasteiger partial charge in [0.15, 0.2) is 0 Å². The van der Waals surface area contributed by atoms with Crippen LogP contribution in [0.1, 0.15) is 26.4 Å². The first-order valence-electron chi connectivity index (χ1n) is 7.06. The minimum Gasteiger partial charge on any atom is -0.481 e. The van der Waals surface area contributed by atoms with Crippen molar-refractivity contribution < 1.29 is 22.7 Å². The monoisotopic (exact) mass is 357 g/mol. The Morgan fingerprint density at radius 2 is 2.21 bits per heavy atom. The van der Waals surface area contributed by atoms with Crippen molar-refractivity contribution in [3.8, 4) is 5.88 Å². The van der Waals surface area contributed by atoms with Crippen molar-refractivity contribution >= 4 is 22.9 Å². The lowest BCUT2D eigenvalue weighted by Crippen LogP contribution is -2.31. The van der Waals surface area contributed by atoms with Crippen molar-refractivity contribution in [2.75, 3.05) is 18.6 Å². The van der Waals surface area contributed by atoms with Crippen LogP contribution in [0.4, 0.5) is 18.9 Å². The number of nitrogens with zero attached hydrogens (tertiary/aromatic N) is 2. The molecule has 2 N–H and O–H groups in total. The molecule has 1 aliphatic heterocycles. The Kier molecular flexibility index (Phi) is 4.12. The Bertz CT molecular complexity index is 789. The van der Waals surface area contributed by atoms with Crippen molar-refractivity contribution in [1.82, 2.24) is 4.98 Å². The molecule has 24 heavy (non-hydrogen) atoms. The molecule has 0 radical (unpaired) electrons. The highest BCUT2D eigenvalue weighted by molar-refractivity contribution is 7.10. The summed E-state index contributed by atoms with van der Waals surface area (Å²) in [5.74, 6) is -0.928. The van der Waals surface area contributed by atoms with Crippen LogP contribution < -0.4 is 15.4 Å². The van der Waals surface area contributed by atoms with E-state index >= 15 is 0 Å². The SMILES string of the molecule is COc1ncc(N2CCc3c(C(N)=O)csc3C2)cc1C(F)(F)F. The van der Waals surface area contributed by atoms with Crippen LogP contribution in [0, 0.1) is 0 Å². The molecule has 0 saturated carbocycles. The van der Waals surface area contributed by atoms with Crippen LogP contribution in [0.3, 0.4) is 0 Å². The maximum absolute atomic E-state index is 13.1. The van der Waals surface area contributed by atoms with Crippen LogP contribution in [-0.4, -0.2) is 24.5 Å². The predicted molar refractivity (Wildman–Crippen MR) is 83.4 cm³/mol. The van der Waals surface area contributed by atoms with Gasteiger partial charge < -0.3 is 15.4 Å². The largest absolute Gasteiger partial charge is 0.481 e. The van der Waals surface area contributed by atoms with E-state index in [-0.39, 0.29) is 0 Å². The fraction of sp³-hybridized carbons (Fsp3) is 0.333. The van der Waals surface area contributed by atoms with Gasteiger partial charge in [-0.2, -0.15) is 13.2 Å². The number of alkyl halides is 3. The van der Waals surface area contributed by atoms with Crippen LogP contribution in [-0.2, 0) is 19.1 Å². The number of methoxy groups -OCH3 is 1. The number of halogens is 3. The third-order valence-corrected chi connectivity index (χ3v) is 4.93. The lowest BCUT2D eigenvalue weighted by atomic mass is 10.0. The van der Waals surface area contributed by atoms with Gasteiger partial charge in [-0.1, -0.05) is 0 Å². The molecule has 1 aliphatic rings. The van der Waals surface area contributed by atoms with Crippen molar-refractivity contribution in [1.29, 1.82) is 0 Å². The Labute approximate surface area is 139 Å². The molecule has 0 unspecified atom stereocenters. The number of primary amides is 1. The Morgan fingerprint density at radius 1 is 1.46 bits per heavy atom. The molecule has 0 spiro atoms. The first-order valence-corrected chi connectivity index (χ1v) is 7.94. The summed E-state index contributed by atoms with van der Waals surface area (Å²) in [7, 11) is 1.15. The van der Waals surface area contributed by atoms with Crippen molar-refractivity contribution in [2.45, 2.75) is 19.1 Å². The number of hydrogen-bond donors (Lipinski definition) is 1. The number of pyridine rings is 1. The number of thiophene rings is 1. The summed E-state index contributed by atoms with van der Waals surface area (Å²) in [6.07, 6.45) is -2.64. The molecule has 1 amide bonds. The molecule has 5 nitrogen and oxygen atoms in total. The number of aromatic nitrogens is 1. The summed E-state index contributed by atoms with van der Waals surface area (Å²) >= 11 is 1.39. The summed E-state index contributed by atoms with van der Waals surface area (Å²) in [5.41, 5.74) is 6.18. The molecule has 128 valence electrons. The van der Waals surface area contributed by atoms with Gasteiger partial charge in [0.1, 0.15) is 5.56 Å². The van der Waals surface area contributed by atoms with Gasteiger partial charge in [0, 0.05) is 16.8 Å². The number of ether oxygens (including phenoxy) is 1. The lowest BCUT2D eigenvalue weighted by Gasteiger charge is -2.29. The van der Waals surface area contributed by atoms with E-state index in [4.69, 9.17) is 10.5 Å². The molecule has 0 aromatic carbocycles. The van der Waals surface area contributed by atoms with E-state index in [0.29, 0.717) is 30.8 Å². The van der Waals surface area contributed by atoms with Crippen molar-refractivity contribution in [3.05, 3.63) is 39.2 Å². The number of carbonyl (C=O) groups is 1. The number of carbonyl (C=O) groups excluding carboxylic acids is 1. The predicted octanol–water partition coefficient (Wildman–Crippen LogP) is 2.83. The molecule has 0 fully saturated rings. The van der Waals surface area contributed by atoms with Crippen LogP contribution in [0.15, 0.2) is 17.6 Å². The fourth-order valence-corrected chi connectivity index (χ4v) is 3.84.